The molecule has 0 aliphatic rings. The average molecular weight is 241 g/mol. The van der Waals surface area contributed by atoms with Crippen LogP contribution in [0.5, 0.6) is 5.75 Å². The topological polar surface area (TPSA) is 55.5 Å². The van der Waals surface area contributed by atoms with Gasteiger partial charge in [-0.15, -0.1) is 0 Å². The molecule has 0 aliphatic heterocycles. The van der Waals surface area contributed by atoms with Crippen LogP contribution in [0.25, 0.3) is 0 Å². The van der Waals surface area contributed by atoms with Gasteiger partial charge in [-0.1, -0.05) is 19.9 Å². The molecular weight excluding hydrogens is 222 g/mol. The molecule has 1 aromatic rings. The van der Waals surface area contributed by atoms with E-state index < -0.39 is 6.10 Å². The molecule has 0 aromatic heterocycles. The second-order valence-electron chi connectivity index (χ2n) is 3.92. The first-order valence-corrected chi connectivity index (χ1v) is 6.41. The Bertz CT molecular complexity index is 318. The number of hydrogen-bond donors (Lipinski definition) is 2. The van der Waals surface area contributed by atoms with Crippen LogP contribution in [0.2, 0.25) is 0 Å². The summed E-state index contributed by atoms with van der Waals surface area (Å²) < 4.78 is 5.44. The molecule has 0 radical (unpaired) electrons. The molecule has 90 valence electrons. The minimum absolute atomic E-state index is 0.309. The third-order valence-corrected chi connectivity index (χ3v) is 3.17. The quantitative estimate of drug-likeness (QED) is 0.749. The highest BCUT2D eigenvalue weighted by Gasteiger charge is 2.06. The Hall–Kier alpha value is -0.870. The summed E-state index contributed by atoms with van der Waals surface area (Å²) in [6, 6.07) is 7.22. The van der Waals surface area contributed by atoms with Crippen LogP contribution in [-0.2, 0) is 0 Å². The predicted molar refractivity (Wildman–Crippen MR) is 70.0 cm³/mol. The Morgan fingerprint density at radius 3 is 2.81 bits per heavy atom. The Balaban J connectivity index is 2.28. The smallest absolute Gasteiger partial charge is 0.121 e. The van der Waals surface area contributed by atoms with Crippen molar-refractivity contribution in [2.75, 3.05) is 18.1 Å². The van der Waals surface area contributed by atoms with Crippen LogP contribution in [0.4, 0.5) is 5.69 Å². The van der Waals surface area contributed by atoms with Gasteiger partial charge in [0.1, 0.15) is 12.4 Å². The lowest BCUT2D eigenvalue weighted by molar-refractivity contribution is 0.126. The van der Waals surface area contributed by atoms with E-state index in [1.165, 1.54) is 0 Å². The fourth-order valence-corrected chi connectivity index (χ4v) is 1.85. The second kappa shape index (κ2) is 6.66. The standard InChI is InChI=1S/C12H19NO2S/c1-9(2)16-8-11(14)7-15-12-5-3-4-10(13)6-12/h3-6,9,11,14H,7-8,13H2,1-2H3. The fourth-order valence-electron chi connectivity index (χ4n) is 1.15. The molecule has 3 nitrogen and oxygen atoms in total. The van der Waals surface area contributed by atoms with Crippen LogP contribution in [-0.4, -0.2) is 28.8 Å². The van der Waals surface area contributed by atoms with Gasteiger partial charge in [-0.2, -0.15) is 11.8 Å². The highest BCUT2D eigenvalue weighted by atomic mass is 32.2. The number of ether oxygens (including phenoxy) is 1. The molecule has 3 N–H and O–H groups in total. The molecule has 1 aromatic carbocycles. The van der Waals surface area contributed by atoms with E-state index in [4.69, 9.17) is 10.5 Å². The van der Waals surface area contributed by atoms with Crippen molar-refractivity contribution in [3.8, 4) is 5.75 Å². The molecule has 16 heavy (non-hydrogen) atoms. The number of benzene rings is 1. The normalized spacial score (nSPS) is 12.8. The summed E-state index contributed by atoms with van der Waals surface area (Å²) >= 11 is 1.72. The van der Waals surface area contributed by atoms with E-state index >= 15 is 0 Å². The van der Waals surface area contributed by atoms with E-state index in [1.807, 2.05) is 12.1 Å². The molecule has 0 bridgehead atoms. The van der Waals surface area contributed by atoms with Gasteiger partial charge in [0, 0.05) is 17.5 Å². The first-order valence-electron chi connectivity index (χ1n) is 5.36. The van der Waals surface area contributed by atoms with Gasteiger partial charge >= 0.3 is 0 Å². The van der Waals surface area contributed by atoms with Crippen molar-refractivity contribution in [2.24, 2.45) is 0 Å². The molecule has 0 aliphatic carbocycles. The van der Waals surface area contributed by atoms with Crippen molar-refractivity contribution in [3.05, 3.63) is 24.3 Å². The fraction of sp³-hybridized carbons (Fsp3) is 0.500. The van der Waals surface area contributed by atoms with E-state index in [0.717, 1.165) is 0 Å². The lowest BCUT2D eigenvalue weighted by atomic mass is 10.3. The van der Waals surface area contributed by atoms with Crippen molar-refractivity contribution in [1.82, 2.24) is 0 Å². The predicted octanol–water partition coefficient (Wildman–Crippen LogP) is 2.15. The highest BCUT2D eigenvalue weighted by Crippen LogP contribution is 2.16. The zero-order chi connectivity index (χ0) is 12.0. The average Bonchev–Trinajstić information content (AvgIpc) is 2.23. The summed E-state index contributed by atoms with van der Waals surface area (Å²) in [5.74, 6) is 1.40. The first kappa shape index (κ1) is 13.2. The molecule has 1 unspecified atom stereocenters. The maximum Gasteiger partial charge on any atom is 0.121 e. The summed E-state index contributed by atoms with van der Waals surface area (Å²) in [5.41, 5.74) is 6.29. The maximum atomic E-state index is 9.65. The Kier molecular flexibility index (Phi) is 5.49. The lowest BCUT2D eigenvalue weighted by Crippen LogP contribution is -2.20. The summed E-state index contributed by atoms with van der Waals surface area (Å²) in [6.07, 6.45) is -0.436. The third-order valence-electron chi connectivity index (χ3n) is 1.92. The van der Waals surface area contributed by atoms with Crippen LogP contribution in [0.1, 0.15) is 13.8 Å². The van der Waals surface area contributed by atoms with E-state index in [0.29, 0.717) is 29.0 Å². The van der Waals surface area contributed by atoms with Gasteiger partial charge in [0.05, 0.1) is 6.10 Å². The van der Waals surface area contributed by atoms with E-state index in [2.05, 4.69) is 13.8 Å². The largest absolute Gasteiger partial charge is 0.491 e. The molecule has 0 spiro atoms. The van der Waals surface area contributed by atoms with Crippen LogP contribution in [0.15, 0.2) is 24.3 Å². The number of aliphatic hydroxyl groups excluding tert-OH is 1. The SMILES string of the molecule is CC(C)SCC(O)COc1cccc(N)c1. The van der Waals surface area contributed by atoms with Gasteiger partial charge in [0.2, 0.25) is 0 Å². The Morgan fingerprint density at radius 1 is 1.44 bits per heavy atom. The second-order valence-corrected chi connectivity index (χ2v) is 5.53. The molecule has 0 heterocycles. The number of rotatable bonds is 6. The molecule has 0 saturated carbocycles. The van der Waals surface area contributed by atoms with E-state index in [9.17, 15) is 5.11 Å². The summed E-state index contributed by atoms with van der Waals surface area (Å²) in [6.45, 7) is 4.52. The summed E-state index contributed by atoms with van der Waals surface area (Å²) in [7, 11) is 0. The number of anilines is 1. The minimum Gasteiger partial charge on any atom is -0.491 e. The van der Waals surface area contributed by atoms with Gasteiger partial charge in [-0.05, 0) is 17.4 Å². The zero-order valence-electron chi connectivity index (χ0n) is 9.72. The molecule has 1 atom stereocenters. The van der Waals surface area contributed by atoms with Crippen LogP contribution in [0, 0.1) is 0 Å². The molecule has 4 heteroatoms. The van der Waals surface area contributed by atoms with Gasteiger partial charge in [0.15, 0.2) is 0 Å². The highest BCUT2D eigenvalue weighted by molar-refractivity contribution is 7.99. The van der Waals surface area contributed by atoms with Crippen molar-refractivity contribution >= 4 is 17.4 Å². The molecule has 0 amide bonds. The molecule has 0 saturated heterocycles. The van der Waals surface area contributed by atoms with Crippen LogP contribution in [0.3, 0.4) is 0 Å². The number of nitrogens with two attached hydrogens (primary N) is 1. The zero-order valence-corrected chi connectivity index (χ0v) is 10.5. The molecular formula is C12H19NO2S. The van der Waals surface area contributed by atoms with Crippen molar-refractivity contribution in [1.29, 1.82) is 0 Å². The number of nitrogen functional groups attached to an aromatic ring is 1. The Morgan fingerprint density at radius 2 is 2.19 bits per heavy atom. The van der Waals surface area contributed by atoms with Gasteiger partial charge in [-0.25, -0.2) is 0 Å². The minimum atomic E-state index is -0.436. The van der Waals surface area contributed by atoms with Gasteiger partial charge in [-0.3, -0.25) is 0 Å². The first-order chi connectivity index (χ1) is 7.58. The molecule has 1 rings (SSSR count). The van der Waals surface area contributed by atoms with E-state index in [1.54, 1.807) is 23.9 Å². The number of hydrogen-bond acceptors (Lipinski definition) is 4. The monoisotopic (exact) mass is 241 g/mol. The van der Waals surface area contributed by atoms with Gasteiger partial charge < -0.3 is 15.6 Å². The lowest BCUT2D eigenvalue weighted by Gasteiger charge is -2.13. The van der Waals surface area contributed by atoms with Crippen molar-refractivity contribution < 1.29 is 9.84 Å². The Labute approximate surface area is 101 Å². The molecule has 0 fully saturated rings. The van der Waals surface area contributed by atoms with Crippen LogP contribution < -0.4 is 10.5 Å². The number of aliphatic hydroxyl groups is 1. The third kappa shape index (κ3) is 5.28. The van der Waals surface area contributed by atoms with E-state index in [-0.39, 0.29) is 0 Å². The summed E-state index contributed by atoms with van der Waals surface area (Å²) in [5, 5.41) is 10.2. The summed E-state index contributed by atoms with van der Waals surface area (Å²) in [4.78, 5) is 0. The van der Waals surface area contributed by atoms with Crippen LogP contribution >= 0.6 is 11.8 Å². The maximum absolute atomic E-state index is 9.65. The van der Waals surface area contributed by atoms with Gasteiger partial charge in [0.25, 0.3) is 0 Å². The van der Waals surface area contributed by atoms with Crippen molar-refractivity contribution in [3.63, 3.8) is 0 Å². The number of thioether (sulfide) groups is 1. The van der Waals surface area contributed by atoms with Crippen molar-refractivity contribution in [2.45, 2.75) is 25.2 Å².